The van der Waals surface area contributed by atoms with E-state index in [1.807, 2.05) is 0 Å². The van der Waals surface area contributed by atoms with Gasteiger partial charge in [-0.15, -0.1) is 0 Å². The van der Waals surface area contributed by atoms with Crippen LogP contribution < -0.4 is 0 Å². The van der Waals surface area contributed by atoms with Crippen molar-refractivity contribution in [2.75, 3.05) is 20.7 Å². The second kappa shape index (κ2) is 4.63. The fourth-order valence-electron chi connectivity index (χ4n) is 1.33. The Morgan fingerprint density at radius 3 is 2.00 bits per heavy atom. The molecule has 1 unspecified atom stereocenters. The normalized spacial score (nSPS) is 13.3. The summed E-state index contributed by atoms with van der Waals surface area (Å²) in [6.07, 6.45) is 0. The average Bonchev–Trinajstić information content (AvgIpc) is 2.14. The molecule has 0 aliphatic carbocycles. The molecule has 0 aliphatic rings. The van der Waals surface area contributed by atoms with Gasteiger partial charge in [-0.05, 0) is 31.8 Å². The maximum Gasteiger partial charge on any atom is 0.194 e. The first kappa shape index (κ1) is 12.0. The molecule has 5 heteroatoms. The Hall–Kier alpha value is -1.07. The summed E-state index contributed by atoms with van der Waals surface area (Å²) in [4.78, 5) is 1.59. The molecule has 1 N–H and O–H groups in total. The standard InChI is InChI=1S/C10H12F3NO/c1-14(2)9(5-15)6-3-7(11)10(13)8(12)4-6/h3-4,9,15H,5H2,1-2H3. The van der Waals surface area contributed by atoms with Gasteiger partial charge in [0.15, 0.2) is 17.5 Å². The maximum atomic E-state index is 12.9. The number of halogens is 3. The maximum absolute atomic E-state index is 12.9. The molecular formula is C10H12F3NO. The van der Waals surface area contributed by atoms with E-state index in [0.29, 0.717) is 0 Å². The lowest BCUT2D eigenvalue weighted by atomic mass is 10.1. The zero-order valence-electron chi connectivity index (χ0n) is 8.47. The van der Waals surface area contributed by atoms with Gasteiger partial charge < -0.3 is 10.0 Å². The summed E-state index contributed by atoms with van der Waals surface area (Å²) in [5, 5.41) is 9.02. The summed E-state index contributed by atoms with van der Waals surface area (Å²) in [6.45, 7) is -0.294. The first-order valence-corrected chi connectivity index (χ1v) is 4.39. The van der Waals surface area contributed by atoms with Gasteiger partial charge in [0.2, 0.25) is 0 Å². The summed E-state index contributed by atoms with van der Waals surface area (Å²) in [6, 6.07) is 1.23. The zero-order chi connectivity index (χ0) is 11.6. The van der Waals surface area contributed by atoms with E-state index in [9.17, 15) is 13.2 Å². The lowest BCUT2D eigenvalue weighted by Crippen LogP contribution is -2.23. The van der Waals surface area contributed by atoms with Gasteiger partial charge in [-0.3, -0.25) is 0 Å². The van der Waals surface area contributed by atoms with Crippen LogP contribution in [0.25, 0.3) is 0 Å². The molecule has 1 rings (SSSR count). The van der Waals surface area contributed by atoms with Crippen LogP contribution in [0.15, 0.2) is 12.1 Å². The second-order valence-corrected chi connectivity index (χ2v) is 3.46. The molecule has 84 valence electrons. The topological polar surface area (TPSA) is 23.5 Å². The quantitative estimate of drug-likeness (QED) is 0.782. The Bertz CT molecular complexity index is 332. The van der Waals surface area contributed by atoms with E-state index in [1.54, 1.807) is 19.0 Å². The molecule has 0 saturated heterocycles. The van der Waals surface area contributed by atoms with E-state index in [1.165, 1.54) is 0 Å². The van der Waals surface area contributed by atoms with Crippen LogP contribution >= 0.6 is 0 Å². The molecule has 0 amide bonds. The van der Waals surface area contributed by atoms with Gasteiger partial charge in [-0.2, -0.15) is 0 Å². The van der Waals surface area contributed by atoms with Gasteiger partial charge >= 0.3 is 0 Å². The molecule has 1 aromatic carbocycles. The number of likely N-dealkylation sites (N-methyl/N-ethyl adjacent to an activating group) is 1. The van der Waals surface area contributed by atoms with E-state index in [-0.39, 0.29) is 12.2 Å². The van der Waals surface area contributed by atoms with E-state index in [0.717, 1.165) is 12.1 Å². The number of hydrogen-bond donors (Lipinski definition) is 1. The Morgan fingerprint density at radius 1 is 1.20 bits per heavy atom. The molecule has 0 aliphatic heterocycles. The number of hydrogen-bond acceptors (Lipinski definition) is 2. The van der Waals surface area contributed by atoms with Gasteiger partial charge in [0.1, 0.15) is 0 Å². The summed E-state index contributed by atoms with van der Waals surface area (Å²) >= 11 is 0. The highest BCUT2D eigenvalue weighted by atomic mass is 19.2. The molecule has 0 radical (unpaired) electrons. The van der Waals surface area contributed by atoms with Crippen LogP contribution in [-0.4, -0.2) is 30.7 Å². The number of aliphatic hydroxyl groups is 1. The third kappa shape index (κ3) is 2.49. The Kier molecular flexibility index (Phi) is 3.71. The lowest BCUT2D eigenvalue weighted by Gasteiger charge is -2.22. The van der Waals surface area contributed by atoms with Gasteiger partial charge in [-0.25, -0.2) is 13.2 Å². The number of nitrogens with zero attached hydrogens (tertiary/aromatic N) is 1. The summed E-state index contributed by atoms with van der Waals surface area (Å²) < 4.78 is 38.4. The van der Waals surface area contributed by atoms with Crippen molar-refractivity contribution in [3.8, 4) is 0 Å². The monoisotopic (exact) mass is 219 g/mol. The van der Waals surface area contributed by atoms with Gasteiger partial charge in [0, 0.05) is 0 Å². The zero-order valence-corrected chi connectivity index (χ0v) is 8.47. The van der Waals surface area contributed by atoms with E-state index in [4.69, 9.17) is 5.11 Å². The fourth-order valence-corrected chi connectivity index (χ4v) is 1.33. The molecule has 0 bridgehead atoms. The predicted molar refractivity (Wildman–Crippen MR) is 49.8 cm³/mol. The molecule has 2 nitrogen and oxygen atoms in total. The van der Waals surface area contributed by atoms with Crippen LogP contribution in [0.2, 0.25) is 0 Å². The molecule has 0 spiro atoms. The van der Waals surface area contributed by atoms with Crippen LogP contribution in [0.4, 0.5) is 13.2 Å². The minimum absolute atomic E-state index is 0.207. The number of rotatable bonds is 3. The summed E-state index contributed by atoms with van der Waals surface area (Å²) in [5.41, 5.74) is 0.207. The van der Waals surface area contributed by atoms with Gasteiger partial charge in [0.25, 0.3) is 0 Å². The van der Waals surface area contributed by atoms with Crippen molar-refractivity contribution in [1.82, 2.24) is 4.90 Å². The van der Waals surface area contributed by atoms with Crippen molar-refractivity contribution < 1.29 is 18.3 Å². The van der Waals surface area contributed by atoms with Crippen LogP contribution in [0.3, 0.4) is 0 Å². The van der Waals surface area contributed by atoms with E-state index < -0.39 is 23.5 Å². The van der Waals surface area contributed by atoms with Crippen molar-refractivity contribution in [1.29, 1.82) is 0 Å². The molecular weight excluding hydrogens is 207 g/mol. The number of benzene rings is 1. The first-order valence-electron chi connectivity index (χ1n) is 4.39. The highest BCUT2D eigenvalue weighted by molar-refractivity contribution is 5.22. The SMILES string of the molecule is CN(C)C(CO)c1cc(F)c(F)c(F)c1. The number of aliphatic hydroxyl groups excluding tert-OH is 1. The first-order chi connectivity index (χ1) is 6.97. The third-order valence-electron chi connectivity index (χ3n) is 2.19. The third-order valence-corrected chi connectivity index (χ3v) is 2.19. The van der Waals surface area contributed by atoms with E-state index in [2.05, 4.69) is 0 Å². The van der Waals surface area contributed by atoms with Crippen LogP contribution in [0, 0.1) is 17.5 Å². The van der Waals surface area contributed by atoms with Crippen LogP contribution in [0.1, 0.15) is 11.6 Å². The highest BCUT2D eigenvalue weighted by Gasteiger charge is 2.18. The molecule has 1 atom stereocenters. The fraction of sp³-hybridized carbons (Fsp3) is 0.400. The Morgan fingerprint density at radius 2 is 1.67 bits per heavy atom. The highest BCUT2D eigenvalue weighted by Crippen LogP contribution is 2.21. The van der Waals surface area contributed by atoms with Gasteiger partial charge in [0.05, 0.1) is 12.6 Å². The van der Waals surface area contributed by atoms with E-state index >= 15 is 0 Å². The predicted octanol–water partition coefficient (Wildman–Crippen LogP) is 1.70. The van der Waals surface area contributed by atoms with Crippen LogP contribution in [-0.2, 0) is 0 Å². The summed E-state index contributed by atoms with van der Waals surface area (Å²) in [7, 11) is 3.31. The molecule has 0 fully saturated rings. The smallest absolute Gasteiger partial charge is 0.194 e. The molecule has 0 saturated carbocycles. The van der Waals surface area contributed by atoms with Crippen molar-refractivity contribution >= 4 is 0 Å². The van der Waals surface area contributed by atoms with Crippen molar-refractivity contribution in [2.24, 2.45) is 0 Å². The van der Waals surface area contributed by atoms with Crippen molar-refractivity contribution in [3.05, 3.63) is 35.1 Å². The molecule has 0 aromatic heterocycles. The molecule has 15 heavy (non-hydrogen) atoms. The minimum Gasteiger partial charge on any atom is -0.394 e. The van der Waals surface area contributed by atoms with Gasteiger partial charge in [-0.1, -0.05) is 0 Å². The lowest BCUT2D eigenvalue weighted by molar-refractivity contribution is 0.170. The minimum atomic E-state index is -1.49. The largest absolute Gasteiger partial charge is 0.394 e. The van der Waals surface area contributed by atoms with Crippen molar-refractivity contribution in [3.63, 3.8) is 0 Å². The molecule has 0 heterocycles. The second-order valence-electron chi connectivity index (χ2n) is 3.46. The summed E-state index contributed by atoms with van der Waals surface area (Å²) in [5.74, 6) is -3.98. The van der Waals surface area contributed by atoms with Crippen molar-refractivity contribution in [2.45, 2.75) is 6.04 Å². The Balaban J connectivity index is 3.14. The van der Waals surface area contributed by atoms with Crippen LogP contribution in [0.5, 0.6) is 0 Å². The molecule has 1 aromatic rings. The Labute approximate surface area is 85.9 Å². The average molecular weight is 219 g/mol.